The molecule has 8 aromatic rings. The number of hydrogen-bond donors (Lipinski definition) is 5. The summed E-state index contributed by atoms with van der Waals surface area (Å²) < 4.78 is 10.0. The van der Waals surface area contributed by atoms with Gasteiger partial charge in [-0.3, -0.25) is 9.59 Å². The van der Waals surface area contributed by atoms with Gasteiger partial charge in [0.15, 0.2) is 0 Å². The molecule has 4 aromatic heterocycles. The van der Waals surface area contributed by atoms with E-state index < -0.39 is 0 Å². The van der Waals surface area contributed by atoms with Crippen LogP contribution in [0.2, 0.25) is 0 Å². The van der Waals surface area contributed by atoms with Crippen molar-refractivity contribution in [3.05, 3.63) is 133 Å². The quantitative estimate of drug-likeness (QED) is 0.0871. The Hall–Kier alpha value is -7.74. The molecule has 7 N–H and O–H groups in total. The number of nitrogens with zero attached hydrogens (tertiary/aromatic N) is 6. The maximum atomic E-state index is 12.6. The molecule has 10 rings (SSSR count). The van der Waals surface area contributed by atoms with E-state index in [0.29, 0.717) is 52.0 Å². The Kier molecular flexibility index (Phi) is 11.4. The molecule has 0 radical (unpaired) electrons. The number of nitrogens with one attached hydrogen (secondary N) is 2. The molecule has 2 aliphatic rings. The zero-order valence-electron chi connectivity index (χ0n) is 34.9. The predicted octanol–water partition coefficient (Wildman–Crippen LogP) is 9.81. The SMILES string of the molecule is COc1cc(-c2cn(C3CCCC3)c3ncnc(N)c23)ccc1NC(=O)c1ccccc1.Nc1ncnc2c1c(-c1ccc(NC(=O)c3ccccc3)c(O)c1)cn2C1CCCC1. The standard InChI is InChI=1S/C25H25N5O2.C24H23N5O2/c1-32-21-13-17(11-12-20(21)29-25(31)16-7-3-2-4-8-16)19-14-30(18-9-5-6-10-18)24-22(19)23(26)27-15-28-24;25-22-21-18(13-29(17-8-4-5-9-17)23(21)27-14-26-22)16-10-11-19(20(30)12-16)28-24(31)15-6-2-1-3-7-15/h2-4,7-8,11-15,18H,5-6,9-10H2,1H3,(H,29,31)(H2,26,27,28);1-3,6-7,10-14,17,30H,4-5,8-9H2,(H,28,31)(H2,25,26,27). The van der Waals surface area contributed by atoms with Gasteiger partial charge in [-0.15, -0.1) is 0 Å². The number of ether oxygens (including phenoxy) is 1. The maximum Gasteiger partial charge on any atom is 0.255 e. The van der Waals surface area contributed by atoms with Crippen LogP contribution in [-0.2, 0) is 0 Å². The number of phenolic OH excluding ortho intramolecular Hbond substituents is 1. The first-order chi connectivity index (χ1) is 30.8. The van der Waals surface area contributed by atoms with Crippen molar-refractivity contribution in [2.24, 2.45) is 0 Å². The monoisotopic (exact) mass is 840 g/mol. The van der Waals surface area contributed by atoms with Crippen LogP contribution in [-0.4, -0.2) is 53.1 Å². The molecule has 2 amide bonds. The fraction of sp³-hybridized carbons (Fsp3) is 0.224. The summed E-state index contributed by atoms with van der Waals surface area (Å²) in [7, 11) is 1.59. The Morgan fingerprint density at radius 2 is 1.06 bits per heavy atom. The zero-order valence-corrected chi connectivity index (χ0v) is 34.9. The summed E-state index contributed by atoms with van der Waals surface area (Å²) in [4.78, 5) is 42.5. The lowest BCUT2D eigenvalue weighted by Gasteiger charge is -2.12. The molecule has 2 saturated carbocycles. The van der Waals surface area contributed by atoms with E-state index in [-0.39, 0.29) is 17.6 Å². The average molecular weight is 841 g/mol. The lowest BCUT2D eigenvalue weighted by Crippen LogP contribution is -2.12. The van der Waals surface area contributed by atoms with Crippen LogP contribution in [0.25, 0.3) is 44.3 Å². The highest BCUT2D eigenvalue weighted by molar-refractivity contribution is 6.07. The van der Waals surface area contributed by atoms with E-state index in [4.69, 9.17) is 16.2 Å². The van der Waals surface area contributed by atoms with E-state index in [1.54, 1.807) is 55.6 Å². The van der Waals surface area contributed by atoms with Crippen LogP contribution in [0.5, 0.6) is 11.5 Å². The number of carbonyl (C=O) groups is 2. The summed E-state index contributed by atoms with van der Waals surface area (Å²) in [5.41, 5.74) is 19.8. The number of rotatable bonds is 9. The van der Waals surface area contributed by atoms with Gasteiger partial charge in [-0.1, -0.05) is 74.2 Å². The minimum Gasteiger partial charge on any atom is -0.506 e. The second-order valence-electron chi connectivity index (χ2n) is 16.0. The van der Waals surface area contributed by atoms with Gasteiger partial charge in [-0.05, 0) is 85.3 Å². The van der Waals surface area contributed by atoms with Crippen molar-refractivity contribution in [1.82, 2.24) is 29.1 Å². The van der Waals surface area contributed by atoms with Gasteiger partial charge in [-0.2, -0.15) is 0 Å². The number of nitrogen functional groups attached to an aromatic ring is 2. The van der Waals surface area contributed by atoms with Gasteiger partial charge in [0.2, 0.25) is 0 Å². The molecule has 0 unspecified atom stereocenters. The first-order valence-corrected chi connectivity index (χ1v) is 21.2. The van der Waals surface area contributed by atoms with Gasteiger partial charge < -0.3 is 41.1 Å². The van der Waals surface area contributed by atoms with Crippen molar-refractivity contribution in [3.63, 3.8) is 0 Å². The molecule has 0 saturated heterocycles. The van der Waals surface area contributed by atoms with Crippen LogP contribution in [0.15, 0.2) is 122 Å². The van der Waals surface area contributed by atoms with Gasteiger partial charge >= 0.3 is 0 Å². The third-order valence-electron chi connectivity index (χ3n) is 12.1. The Morgan fingerprint density at radius 3 is 1.52 bits per heavy atom. The number of aromatic nitrogens is 6. The normalized spacial score (nSPS) is 14.1. The number of amides is 2. The molecule has 2 aliphatic carbocycles. The van der Waals surface area contributed by atoms with Crippen molar-refractivity contribution in [2.45, 2.75) is 63.5 Å². The predicted molar refractivity (Wildman–Crippen MR) is 247 cm³/mol. The molecular weight excluding hydrogens is 793 g/mol. The molecule has 0 atom stereocenters. The molecule has 2 fully saturated rings. The number of benzene rings is 4. The summed E-state index contributed by atoms with van der Waals surface area (Å²) in [5.74, 6) is 0.967. The van der Waals surface area contributed by atoms with Gasteiger partial charge in [0.05, 0.1) is 29.3 Å². The second kappa shape index (κ2) is 17.7. The second-order valence-corrected chi connectivity index (χ2v) is 16.0. The van der Waals surface area contributed by atoms with Crippen LogP contribution in [0.1, 0.15) is 84.2 Å². The highest BCUT2D eigenvalue weighted by Gasteiger charge is 2.25. The average Bonchev–Trinajstić information content (AvgIpc) is 4.16. The van der Waals surface area contributed by atoms with Crippen LogP contribution >= 0.6 is 0 Å². The zero-order chi connectivity index (χ0) is 43.5. The number of carbonyl (C=O) groups excluding carboxylic acids is 2. The van der Waals surface area contributed by atoms with Crippen LogP contribution in [0.3, 0.4) is 0 Å². The summed E-state index contributed by atoms with van der Waals surface area (Å²) in [5, 5.41) is 18.0. The van der Waals surface area contributed by atoms with E-state index in [0.717, 1.165) is 70.0 Å². The van der Waals surface area contributed by atoms with Crippen molar-refractivity contribution in [3.8, 4) is 33.8 Å². The smallest absolute Gasteiger partial charge is 0.255 e. The van der Waals surface area contributed by atoms with Crippen molar-refractivity contribution in [2.75, 3.05) is 29.2 Å². The Morgan fingerprint density at radius 1 is 0.619 bits per heavy atom. The number of methoxy groups -OCH3 is 1. The molecule has 0 bridgehead atoms. The first-order valence-electron chi connectivity index (χ1n) is 21.2. The summed E-state index contributed by atoms with van der Waals surface area (Å²) >= 11 is 0. The van der Waals surface area contributed by atoms with E-state index in [2.05, 4.69) is 52.1 Å². The number of fused-ring (bicyclic) bond motifs is 2. The summed E-state index contributed by atoms with van der Waals surface area (Å²) in [6.45, 7) is 0. The highest BCUT2D eigenvalue weighted by atomic mass is 16.5. The first kappa shape index (κ1) is 40.7. The fourth-order valence-electron chi connectivity index (χ4n) is 8.91. The number of nitrogens with two attached hydrogens (primary N) is 2. The number of hydrogen-bond acceptors (Lipinski definition) is 10. The van der Waals surface area contributed by atoms with Crippen LogP contribution in [0.4, 0.5) is 23.0 Å². The number of aromatic hydroxyl groups is 1. The summed E-state index contributed by atoms with van der Waals surface area (Å²) in [6.07, 6.45) is 16.6. The van der Waals surface area contributed by atoms with Crippen LogP contribution in [0, 0.1) is 0 Å². The van der Waals surface area contributed by atoms with Gasteiger partial charge in [0.25, 0.3) is 11.8 Å². The third-order valence-corrected chi connectivity index (χ3v) is 12.1. The minimum atomic E-state index is -0.279. The molecule has 0 aliphatic heterocycles. The topological polar surface area (TPSA) is 201 Å². The largest absolute Gasteiger partial charge is 0.506 e. The molecule has 0 spiro atoms. The van der Waals surface area contributed by atoms with E-state index in [1.165, 1.54) is 38.3 Å². The molecule has 14 heteroatoms. The molecule has 63 heavy (non-hydrogen) atoms. The number of anilines is 4. The Labute approximate surface area is 364 Å². The van der Waals surface area contributed by atoms with Crippen LogP contribution < -0.4 is 26.8 Å². The lowest BCUT2D eigenvalue weighted by atomic mass is 10.0. The van der Waals surface area contributed by atoms with E-state index >= 15 is 0 Å². The highest BCUT2D eigenvalue weighted by Crippen LogP contribution is 2.42. The summed E-state index contributed by atoms with van der Waals surface area (Å²) in [6, 6.07) is 29.7. The minimum absolute atomic E-state index is 0.0148. The van der Waals surface area contributed by atoms with E-state index in [9.17, 15) is 14.7 Å². The lowest BCUT2D eigenvalue weighted by molar-refractivity contribution is 0.101. The molecular formula is C49H48N10O4. The maximum absolute atomic E-state index is 12.6. The van der Waals surface area contributed by atoms with Crippen molar-refractivity contribution < 1.29 is 19.4 Å². The number of phenols is 1. The Bertz CT molecular complexity index is 2940. The van der Waals surface area contributed by atoms with Gasteiger partial charge in [0, 0.05) is 46.7 Å². The van der Waals surface area contributed by atoms with Crippen molar-refractivity contribution in [1.29, 1.82) is 0 Å². The van der Waals surface area contributed by atoms with Crippen molar-refractivity contribution >= 4 is 56.9 Å². The fourth-order valence-corrected chi connectivity index (χ4v) is 8.91. The third kappa shape index (κ3) is 8.22. The molecule has 4 aromatic carbocycles. The van der Waals surface area contributed by atoms with E-state index in [1.807, 2.05) is 48.5 Å². The molecule has 318 valence electrons. The Balaban J connectivity index is 0.000000160. The van der Waals surface area contributed by atoms with Gasteiger partial charge in [0.1, 0.15) is 47.1 Å². The molecule has 4 heterocycles. The molecule has 14 nitrogen and oxygen atoms in total. The van der Waals surface area contributed by atoms with Gasteiger partial charge in [-0.25, -0.2) is 19.9 Å².